The monoisotopic (exact) mass is 166 g/mol. The highest BCUT2D eigenvalue weighted by atomic mass is 16.5. The standard InChI is InChI=1S/C11H18O/c1-5-8-11(9-6-2)10(4)12-7-3/h5,8H,1,4,6-7,9H2,2-3H3/b11-8-. The Balaban J connectivity index is 4.19. The molecule has 0 unspecified atom stereocenters. The Bertz CT molecular complexity index is 177. The summed E-state index contributed by atoms with van der Waals surface area (Å²) in [7, 11) is 0. The van der Waals surface area contributed by atoms with E-state index in [1.165, 1.54) is 0 Å². The van der Waals surface area contributed by atoms with E-state index in [1.807, 2.05) is 13.0 Å². The van der Waals surface area contributed by atoms with Gasteiger partial charge in [0.25, 0.3) is 0 Å². The van der Waals surface area contributed by atoms with E-state index < -0.39 is 0 Å². The molecule has 0 heterocycles. The van der Waals surface area contributed by atoms with E-state index in [9.17, 15) is 0 Å². The molecule has 0 amide bonds. The van der Waals surface area contributed by atoms with E-state index in [-0.39, 0.29) is 0 Å². The molecule has 1 heteroatoms. The van der Waals surface area contributed by atoms with Crippen LogP contribution in [0.5, 0.6) is 0 Å². The lowest BCUT2D eigenvalue weighted by atomic mass is 10.1. The van der Waals surface area contributed by atoms with Crippen LogP contribution in [-0.2, 0) is 4.74 Å². The van der Waals surface area contributed by atoms with Crippen molar-refractivity contribution in [3.8, 4) is 0 Å². The highest BCUT2D eigenvalue weighted by molar-refractivity contribution is 5.26. The lowest BCUT2D eigenvalue weighted by Gasteiger charge is -2.09. The zero-order valence-electron chi connectivity index (χ0n) is 8.10. The Morgan fingerprint density at radius 1 is 1.42 bits per heavy atom. The third kappa shape index (κ3) is 4.02. The Morgan fingerprint density at radius 2 is 2.08 bits per heavy atom. The first-order chi connectivity index (χ1) is 5.76. The molecule has 0 N–H and O–H groups in total. The van der Waals surface area contributed by atoms with Crippen molar-refractivity contribution in [3.05, 3.63) is 36.6 Å². The van der Waals surface area contributed by atoms with Crippen LogP contribution in [0.15, 0.2) is 36.6 Å². The molecular weight excluding hydrogens is 148 g/mol. The van der Waals surface area contributed by atoms with E-state index in [2.05, 4.69) is 20.1 Å². The Morgan fingerprint density at radius 3 is 2.50 bits per heavy atom. The zero-order valence-corrected chi connectivity index (χ0v) is 8.10. The van der Waals surface area contributed by atoms with Gasteiger partial charge in [0.05, 0.1) is 6.61 Å². The van der Waals surface area contributed by atoms with Gasteiger partial charge in [0.15, 0.2) is 0 Å². The Hall–Kier alpha value is -0.980. The number of rotatable bonds is 6. The number of hydrogen-bond donors (Lipinski definition) is 0. The number of allylic oxidation sites excluding steroid dienone is 3. The van der Waals surface area contributed by atoms with Crippen LogP contribution in [0.2, 0.25) is 0 Å². The smallest absolute Gasteiger partial charge is 0.115 e. The van der Waals surface area contributed by atoms with Crippen LogP contribution in [-0.4, -0.2) is 6.61 Å². The third-order valence-electron chi connectivity index (χ3n) is 1.52. The van der Waals surface area contributed by atoms with Crippen molar-refractivity contribution < 1.29 is 4.74 Å². The maximum atomic E-state index is 5.30. The van der Waals surface area contributed by atoms with Gasteiger partial charge < -0.3 is 4.74 Å². The molecule has 0 saturated heterocycles. The first-order valence-electron chi connectivity index (χ1n) is 4.39. The fourth-order valence-electron chi connectivity index (χ4n) is 0.994. The van der Waals surface area contributed by atoms with Crippen molar-refractivity contribution in [2.24, 2.45) is 0 Å². The molecular formula is C11H18O. The fraction of sp³-hybridized carbons (Fsp3) is 0.455. The van der Waals surface area contributed by atoms with Crippen molar-refractivity contribution in [1.82, 2.24) is 0 Å². The van der Waals surface area contributed by atoms with Gasteiger partial charge in [-0.2, -0.15) is 0 Å². The second-order valence-corrected chi connectivity index (χ2v) is 2.53. The molecule has 0 fully saturated rings. The van der Waals surface area contributed by atoms with Crippen LogP contribution in [0.1, 0.15) is 26.7 Å². The number of ether oxygens (including phenoxy) is 1. The summed E-state index contributed by atoms with van der Waals surface area (Å²) in [5.74, 6) is 0.777. The summed E-state index contributed by atoms with van der Waals surface area (Å²) >= 11 is 0. The van der Waals surface area contributed by atoms with Crippen LogP contribution in [0, 0.1) is 0 Å². The average molecular weight is 166 g/mol. The summed E-state index contributed by atoms with van der Waals surface area (Å²) in [5, 5.41) is 0. The molecule has 68 valence electrons. The van der Waals surface area contributed by atoms with Crippen LogP contribution in [0.25, 0.3) is 0 Å². The van der Waals surface area contributed by atoms with Crippen molar-refractivity contribution in [2.45, 2.75) is 26.7 Å². The molecule has 0 rings (SSSR count). The van der Waals surface area contributed by atoms with Crippen molar-refractivity contribution >= 4 is 0 Å². The second-order valence-electron chi connectivity index (χ2n) is 2.53. The molecule has 0 aliphatic carbocycles. The molecule has 0 aliphatic heterocycles. The number of hydrogen-bond acceptors (Lipinski definition) is 1. The Kier molecular flexibility index (Phi) is 6.16. The third-order valence-corrected chi connectivity index (χ3v) is 1.52. The van der Waals surface area contributed by atoms with Crippen molar-refractivity contribution in [1.29, 1.82) is 0 Å². The summed E-state index contributed by atoms with van der Waals surface area (Å²) in [6.07, 6.45) is 5.84. The van der Waals surface area contributed by atoms with E-state index in [4.69, 9.17) is 4.74 Å². The maximum absolute atomic E-state index is 5.30. The van der Waals surface area contributed by atoms with Crippen LogP contribution < -0.4 is 0 Å². The summed E-state index contributed by atoms with van der Waals surface area (Å²) < 4.78 is 5.30. The topological polar surface area (TPSA) is 9.23 Å². The molecule has 0 aromatic rings. The molecule has 0 aliphatic rings. The van der Waals surface area contributed by atoms with Gasteiger partial charge >= 0.3 is 0 Å². The summed E-state index contributed by atoms with van der Waals surface area (Å²) in [6, 6.07) is 0. The van der Waals surface area contributed by atoms with E-state index in [0.29, 0.717) is 6.61 Å². The van der Waals surface area contributed by atoms with Crippen LogP contribution >= 0.6 is 0 Å². The first kappa shape index (κ1) is 11.0. The molecule has 0 saturated carbocycles. The van der Waals surface area contributed by atoms with Gasteiger partial charge in [0.1, 0.15) is 5.76 Å². The predicted octanol–water partition coefficient (Wildman–Crippen LogP) is 3.45. The van der Waals surface area contributed by atoms with E-state index >= 15 is 0 Å². The quantitative estimate of drug-likeness (QED) is 0.434. The minimum Gasteiger partial charge on any atom is -0.494 e. The summed E-state index contributed by atoms with van der Waals surface area (Å²) in [4.78, 5) is 0. The molecule has 0 radical (unpaired) electrons. The van der Waals surface area contributed by atoms with Crippen LogP contribution in [0.3, 0.4) is 0 Å². The minimum absolute atomic E-state index is 0.678. The van der Waals surface area contributed by atoms with E-state index in [1.54, 1.807) is 6.08 Å². The SMILES string of the molecule is C=C/C=C(/CCC)C(=C)OCC. The first-order valence-corrected chi connectivity index (χ1v) is 4.39. The summed E-state index contributed by atoms with van der Waals surface area (Å²) in [6.45, 7) is 12.3. The van der Waals surface area contributed by atoms with E-state index in [0.717, 1.165) is 24.2 Å². The molecule has 0 bridgehead atoms. The van der Waals surface area contributed by atoms with Gasteiger partial charge in [-0.3, -0.25) is 0 Å². The molecule has 0 aromatic carbocycles. The predicted molar refractivity (Wildman–Crippen MR) is 54.0 cm³/mol. The largest absolute Gasteiger partial charge is 0.494 e. The van der Waals surface area contributed by atoms with Crippen LogP contribution in [0.4, 0.5) is 0 Å². The van der Waals surface area contributed by atoms with Gasteiger partial charge in [0, 0.05) is 0 Å². The lowest BCUT2D eigenvalue weighted by Crippen LogP contribution is -1.94. The lowest BCUT2D eigenvalue weighted by molar-refractivity contribution is 0.237. The maximum Gasteiger partial charge on any atom is 0.115 e. The highest BCUT2D eigenvalue weighted by Gasteiger charge is 2.00. The highest BCUT2D eigenvalue weighted by Crippen LogP contribution is 2.15. The Labute approximate surface area is 75.4 Å². The van der Waals surface area contributed by atoms with Gasteiger partial charge in [0.2, 0.25) is 0 Å². The van der Waals surface area contributed by atoms with Gasteiger partial charge in [-0.15, -0.1) is 0 Å². The minimum atomic E-state index is 0.678. The molecule has 0 aromatic heterocycles. The molecule has 0 spiro atoms. The second kappa shape index (κ2) is 6.71. The molecule has 12 heavy (non-hydrogen) atoms. The molecule has 1 nitrogen and oxygen atoms in total. The van der Waals surface area contributed by atoms with Gasteiger partial charge in [-0.1, -0.05) is 38.7 Å². The zero-order chi connectivity index (χ0) is 9.40. The van der Waals surface area contributed by atoms with Gasteiger partial charge in [-0.05, 0) is 18.9 Å². The van der Waals surface area contributed by atoms with Crippen molar-refractivity contribution in [2.75, 3.05) is 6.61 Å². The average Bonchev–Trinajstić information content (AvgIpc) is 2.04. The van der Waals surface area contributed by atoms with Gasteiger partial charge in [-0.25, -0.2) is 0 Å². The summed E-state index contributed by atoms with van der Waals surface area (Å²) in [5.41, 5.74) is 1.15. The normalized spacial score (nSPS) is 11.0. The molecule has 0 atom stereocenters. The van der Waals surface area contributed by atoms with Crippen molar-refractivity contribution in [3.63, 3.8) is 0 Å². The fourth-order valence-corrected chi connectivity index (χ4v) is 0.994.